The van der Waals surface area contributed by atoms with Gasteiger partial charge >= 0.3 is 0 Å². The van der Waals surface area contributed by atoms with Crippen molar-refractivity contribution in [3.63, 3.8) is 0 Å². The van der Waals surface area contributed by atoms with Crippen LogP contribution in [0.2, 0.25) is 0 Å². The lowest BCUT2D eigenvalue weighted by Crippen LogP contribution is -2.59. The number of hydrogen-bond donors (Lipinski definition) is 2. The van der Waals surface area contributed by atoms with Crippen molar-refractivity contribution < 1.29 is 9.59 Å². The highest BCUT2D eigenvalue weighted by molar-refractivity contribution is 5.95. The number of amides is 2. The first-order valence-electron chi connectivity index (χ1n) is 10.8. The third kappa shape index (κ3) is 3.81. The number of rotatable bonds is 5. The largest absolute Gasteiger partial charge is 0.348 e. The normalized spacial score (nSPS) is 29.4. The molecule has 0 radical (unpaired) electrons. The van der Waals surface area contributed by atoms with E-state index in [1.165, 1.54) is 19.3 Å². The minimum Gasteiger partial charge on any atom is -0.348 e. The first kappa shape index (κ1) is 18.4. The summed E-state index contributed by atoms with van der Waals surface area (Å²) in [5, 5.41) is 6.35. The van der Waals surface area contributed by atoms with Gasteiger partial charge in [0, 0.05) is 23.2 Å². The number of nitrogens with one attached hydrogen (secondary N) is 2. The van der Waals surface area contributed by atoms with Gasteiger partial charge in [-0.1, -0.05) is 30.3 Å². The first-order valence-corrected chi connectivity index (χ1v) is 10.8. The second-order valence-electron chi connectivity index (χ2n) is 9.40. The Morgan fingerprint density at radius 3 is 1.90 bits per heavy atom. The molecule has 4 bridgehead atoms. The lowest BCUT2D eigenvalue weighted by Gasteiger charge is -2.56. The Labute approximate surface area is 172 Å². The summed E-state index contributed by atoms with van der Waals surface area (Å²) in [7, 11) is 0. The van der Waals surface area contributed by atoms with E-state index in [2.05, 4.69) is 10.6 Å². The summed E-state index contributed by atoms with van der Waals surface area (Å²) in [6.45, 7) is 0.449. The molecule has 2 amide bonds. The van der Waals surface area contributed by atoms with Crippen molar-refractivity contribution in [2.24, 2.45) is 17.8 Å². The molecule has 4 aliphatic carbocycles. The maximum Gasteiger partial charge on any atom is 0.251 e. The van der Waals surface area contributed by atoms with Crippen LogP contribution in [0.3, 0.4) is 0 Å². The summed E-state index contributed by atoms with van der Waals surface area (Å²) in [4.78, 5) is 25.1. The molecule has 4 nitrogen and oxygen atoms in total. The third-order valence-corrected chi connectivity index (χ3v) is 7.12. The molecule has 0 unspecified atom stereocenters. The molecule has 6 rings (SSSR count). The molecule has 2 N–H and O–H groups in total. The predicted octanol–water partition coefficient (Wildman–Crippen LogP) is 4.32. The van der Waals surface area contributed by atoms with Gasteiger partial charge in [0.05, 0.1) is 0 Å². The van der Waals surface area contributed by atoms with Crippen molar-refractivity contribution in [2.45, 2.75) is 50.6 Å². The van der Waals surface area contributed by atoms with E-state index < -0.39 is 0 Å². The van der Waals surface area contributed by atoms with Gasteiger partial charge in [-0.25, -0.2) is 0 Å². The fourth-order valence-corrected chi connectivity index (χ4v) is 6.22. The molecule has 0 aromatic heterocycles. The van der Waals surface area contributed by atoms with Gasteiger partial charge in [-0.2, -0.15) is 0 Å². The van der Waals surface area contributed by atoms with Gasteiger partial charge < -0.3 is 10.6 Å². The van der Waals surface area contributed by atoms with E-state index in [1.54, 1.807) is 12.1 Å². The molecular weight excluding hydrogens is 360 g/mol. The van der Waals surface area contributed by atoms with Gasteiger partial charge in [0.2, 0.25) is 0 Å². The zero-order chi connectivity index (χ0) is 19.8. The summed E-state index contributed by atoms with van der Waals surface area (Å²) in [5.74, 6) is 2.41. The Kier molecular flexibility index (Phi) is 4.65. The van der Waals surface area contributed by atoms with E-state index in [0.29, 0.717) is 17.7 Å². The maximum absolute atomic E-state index is 12.9. The number of carbonyl (C=O) groups is 2. The number of benzene rings is 2. The molecule has 0 heterocycles. The van der Waals surface area contributed by atoms with Crippen molar-refractivity contribution in [1.29, 1.82) is 0 Å². The fourth-order valence-electron chi connectivity index (χ4n) is 6.22. The van der Waals surface area contributed by atoms with Gasteiger partial charge in [-0.05, 0) is 86.1 Å². The average molecular weight is 389 g/mol. The molecule has 4 fully saturated rings. The Hall–Kier alpha value is -2.62. The summed E-state index contributed by atoms with van der Waals surface area (Å²) in [5.41, 5.74) is 2.38. The Bertz CT molecular complexity index is 869. The Morgan fingerprint density at radius 1 is 0.759 bits per heavy atom. The van der Waals surface area contributed by atoms with Crippen LogP contribution in [-0.2, 0) is 6.54 Å². The van der Waals surface area contributed by atoms with Crippen LogP contribution in [0.5, 0.6) is 0 Å². The minimum absolute atomic E-state index is 0.0359. The molecular formula is C25H28N2O2. The minimum atomic E-state index is -0.0887. The Balaban J connectivity index is 1.19. The van der Waals surface area contributed by atoms with Gasteiger partial charge in [0.25, 0.3) is 11.8 Å². The molecule has 0 saturated heterocycles. The smallest absolute Gasteiger partial charge is 0.251 e. The first-order chi connectivity index (χ1) is 14.1. The van der Waals surface area contributed by atoms with Crippen molar-refractivity contribution in [3.8, 4) is 0 Å². The molecule has 4 heteroatoms. The second-order valence-corrected chi connectivity index (χ2v) is 9.40. The van der Waals surface area contributed by atoms with Crippen molar-refractivity contribution in [3.05, 3.63) is 71.3 Å². The highest BCUT2D eigenvalue weighted by Crippen LogP contribution is 2.55. The standard InChI is InChI=1S/C25H28N2O2/c28-23(21-4-2-1-3-5-21)26-16-17-6-8-22(9-7-17)24(29)27-25-13-18-10-19(14-25)12-20(11-18)15-25/h1-9,18-20H,10-16H2,(H,26,28)(H,27,29). The summed E-state index contributed by atoms with van der Waals surface area (Å²) in [6.07, 6.45) is 7.60. The number of hydrogen-bond acceptors (Lipinski definition) is 2. The van der Waals surface area contributed by atoms with E-state index in [1.807, 2.05) is 42.5 Å². The zero-order valence-corrected chi connectivity index (χ0v) is 16.7. The van der Waals surface area contributed by atoms with Crippen molar-refractivity contribution in [2.75, 3.05) is 0 Å². The molecule has 0 spiro atoms. The summed E-state index contributed by atoms with van der Waals surface area (Å²) in [6, 6.07) is 16.8. The van der Waals surface area contributed by atoms with Crippen molar-refractivity contribution >= 4 is 11.8 Å². The van der Waals surface area contributed by atoms with E-state index in [9.17, 15) is 9.59 Å². The number of carbonyl (C=O) groups excluding carboxylic acids is 2. The van der Waals surface area contributed by atoms with Crippen molar-refractivity contribution in [1.82, 2.24) is 10.6 Å². The summed E-state index contributed by atoms with van der Waals surface area (Å²) < 4.78 is 0. The van der Waals surface area contributed by atoms with Crippen LogP contribution < -0.4 is 10.6 Å². The van der Waals surface area contributed by atoms with Crippen LogP contribution >= 0.6 is 0 Å². The third-order valence-electron chi connectivity index (χ3n) is 7.12. The Morgan fingerprint density at radius 2 is 1.31 bits per heavy atom. The van der Waals surface area contributed by atoms with Crippen LogP contribution in [0, 0.1) is 17.8 Å². The molecule has 0 atom stereocenters. The van der Waals surface area contributed by atoms with Gasteiger partial charge in [0.1, 0.15) is 0 Å². The highest BCUT2D eigenvalue weighted by Gasteiger charge is 2.51. The van der Waals surface area contributed by atoms with Crippen LogP contribution in [0.15, 0.2) is 54.6 Å². The van der Waals surface area contributed by atoms with Gasteiger partial charge in [-0.3, -0.25) is 9.59 Å². The highest BCUT2D eigenvalue weighted by atomic mass is 16.2. The predicted molar refractivity (Wildman–Crippen MR) is 112 cm³/mol. The van der Waals surface area contributed by atoms with Gasteiger partial charge in [-0.15, -0.1) is 0 Å². The maximum atomic E-state index is 12.9. The molecule has 0 aliphatic heterocycles. The topological polar surface area (TPSA) is 58.2 Å². The molecule has 29 heavy (non-hydrogen) atoms. The van der Waals surface area contributed by atoms with E-state index >= 15 is 0 Å². The van der Waals surface area contributed by atoms with E-state index in [0.717, 1.165) is 42.6 Å². The van der Waals surface area contributed by atoms with E-state index in [4.69, 9.17) is 0 Å². The monoisotopic (exact) mass is 388 g/mol. The summed E-state index contributed by atoms with van der Waals surface area (Å²) >= 11 is 0. The second kappa shape index (κ2) is 7.33. The zero-order valence-electron chi connectivity index (χ0n) is 16.7. The molecule has 2 aromatic carbocycles. The lowest BCUT2D eigenvalue weighted by atomic mass is 9.53. The molecule has 2 aromatic rings. The quantitative estimate of drug-likeness (QED) is 0.802. The molecule has 150 valence electrons. The van der Waals surface area contributed by atoms with Crippen LogP contribution in [0.25, 0.3) is 0 Å². The van der Waals surface area contributed by atoms with Crippen LogP contribution in [-0.4, -0.2) is 17.4 Å². The lowest BCUT2D eigenvalue weighted by molar-refractivity contribution is -0.0167. The molecule has 4 saturated carbocycles. The SMILES string of the molecule is O=C(NCc1ccc(C(=O)NC23CC4CC(CC(C4)C2)C3)cc1)c1ccccc1. The fraction of sp³-hybridized carbons (Fsp3) is 0.440. The van der Waals surface area contributed by atoms with Crippen LogP contribution in [0.4, 0.5) is 0 Å². The van der Waals surface area contributed by atoms with Gasteiger partial charge in [0.15, 0.2) is 0 Å². The van der Waals surface area contributed by atoms with E-state index in [-0.39, 0.29) is 17.4 Å². The van der Waals surface area contributed by atoms with Crippen LogP contribution in [0.1, 0.15) is 64.8 Å². The average Bonchev–Trinajstić information content (AvgIpc) is 2.71. The molecule has 4 aliphatic rings.